The summed E-state index contributed by atoms with van der Waals surface area (Å²) in [5.41, 5.74) is 5.79. The van der Waals surface area contributed by atoms with E-state index >= 15 is 0 Å². The van der Waals surface area contributed by atoms with Crippen LogP contribution >= 0.6 is 23.1 Å². The van der Waals surface area contributed by atoms with Crippen molar-refractivity contribution in [3.05, 3.63) is 34.6 Å². The van der Waals surface area contributed by atoms with Gasteiger partial charge in [0.1, 0.15) is 4.70 Å². The number of primary amides is 1. The molecule has 3 N–H and O–H groups in total. The van der Waals surface area contributed by atoms with Gasteiger partial charge in [-0.25, -0.2) is 4.98 Å². The first kappa shape index (κ1) is 21.8. The number of ether oxygens (including phenoxy) is 1. The fraction of sp³-hybridized carbons (Fsp3) is 0.429. The smallest absolute Gasteiger partial charge is 0.272 e. The quantitative estimate of drug-likeness (QED) is 0.374. The van der Waals surface area contributed by atoms with E-state index in [-0.39, 0.29) is 23.3 Å². The molecule has 0 saturated carbocycles. The Labute approximate surface area is 187 Å². The molecular formula is C21H24N4O4S2. The summed E-state index contributed by atoms with van der Waals surface area (Å²) in [6.07, 6.45) is 2.88. The van der Waals surface area contributed by atoms with Crippen molar-refractivity contribution in [2.24, 2.45) is 5.73 Å². The number of aromatic nitrogens is 2. The molecule has 0 spiro atoms. The maximum atomic E-state index is 13.2. The van der Waals surface area contributed by atoms with Crippen LogP contribution in [0.15, 0.2) is 34.2 Å². The van der Waals surface area contributed by atoms with Crippen LogP contribution in [-0.2, 0) is 20.9 Å². The number of nitrogens with zero attached hydrogens (tertiary/aromatic N) is 2. The number of hydrogen-bond donors (Lipinski definition) is 2. The van der Waals surface area contributed by atoms with Gasteiger partial charge in [0.25, 0.3) is 5.56 Å². The fourth-order valence-electron chi connectivity index (χ4n) is 3.62. The number of carbonyl (C=O) groups excluding carboxylic acids is 2. The van der Waals surface area contributed by atoms with Crippen molar-refractivity contribution in [2.45, 2.75) is 43.5 Å². The van der Waals surface area contributed by atoms with Crippen molar-refractivity contribution in [1.29, 1.82) is 0 Å². The van der Waals surface area contributed by atoms with E-state index < -0.39 is 5.91 Å². The summed E-state index contributed by atoms with van der Waals surface area (Å²) in [4.78, 5) is 41.4. The molecule has 1 atom stereocenters. The van der Waals surface area contributed by atoms with Crippen molar-refractivity contribution >= 4 is 55.2 Å². The number of hydrogen-bond acceptors (Lipinski definition) is 7. The summed E-state index contributed by atoms with van der Waals surface area (Å²) in [5.74, 6) is -0.512. The zero-order chi connectivity index (χ0) is 21.8. The average Bonchev–Trinajstić information content (AvgIpc) is 3.40. The predicted molar refractivity (Wildman–Crippen MR) is 123 cm³/mol. The fourth-order valence-corrected chi connectivity index (χ4v) is 5.46. The normalized spacial score (nSPS) is 16.2. The lowest BCUT2D eigenvalue weighted by atomic mass is 10.2. The second-order valence-electron chi connectivity index (χ2n) is 7.42. The number of carbonyl (C=O) groups is 2. The first-order chi connectivity index (χ1) is 15.0. The van der Waals surface area contributed by atoms with Crippen LogP contribution < -0.4 is 16.6 Å². The molecule has 0 bridgehead atoms. The lowest BCUT2D eigenvalue weighted by Crippen LogP contribution is -2.32. The van der Waals surface area contributed by atoms with Crippen LogP contribution in [0.3, 0.4) is 0 Å². The van der Waals surface area contributed by atoms with E-state index in [1.54, 1.807) is 4.57 Å². The number of thioether (sulfide) groups is 1. The summed E-state index contributed by atoms with van der Waals surface area (Å²) < 4.78 is 8.63. The molecule has 4 rings (SSSR count). The number of nitrogens with one attached hydrogen (secondary N) is 1. The van der Waals surface area contributed by atoms with Gasteiger partial charge in [0.05, 0.1) is 17.4 Å². The Bertz CT molecular complexity index is 1170. The zero-order valence-corrected chi connectivity index (χ0v) is 18.6. The number of thiophene rings is 1. The zero-order valence-electron chi connectivity index (χ0n) is 17.0. The van der Waals surface area contributed by atoms with Gasteiger partial charge in [0.15, 0.2) is 5.16 Å². The van der Waals surface area contributed by atoms with Crippen molar-refractivity contribution in [1.82, 2.24) is 14.9 Å². The minimum Gasteiger partial charge on any atom is -0.376 e. The van der Waals surface area contributed by atoms with Gasteiger partial charge in [-0.2, -0.15) is 0 Å². The second kappa shape index (κ2) is 9.80. The predicted octanol–water partition coefficient (Wildman–Crippen LogP) is 2.26. The second-order valence-corrected chi connectivity index (χ2v) is 9.42. The molecule has 0 radical (unpaired) electrons. The molecule has 1 saturated heterocycles. The molecule has 1 aromatic carbocycles. The molecule has 3 aromatic rings. The van der Waals surface area contributed by atoms with E-state index in [1.807, 2.05) is 24.3 Å². The van der Waals surface area contributed by atoms with E-state index in [2.05, 4.69) is 5.32 Å². The lowest BCUT2D eigenvalue weighted by Gasteiger charge is -2.13. The van der Waals surface area contributed by atoms with Gasteiger partial charge in [0.2, 0.25) is 11.8 Å². The van der Waals surface area contributed by atoms with E-state index in [4.69, 9.17) is 15.5 Å². The van der Waals surface area contributed by atoms with Crippen molar-refractivity contribution < 1.29 is 14.3 Å². The molecule has 1 fully saturated rings. The van der Waals surface area contributed by atoms with Crippen LogP contribution in [0.5, 0.6) is 0 Å². The van der Waals surface area contributed by atoms with Crippen LogP contribution in [0.2, 0.25) is 0 Å². The molecule has 10 heteroatoms. The molecule has 2 aromatic heterocycles. The minimum absolute atomic E-state index is 0.0297. The highest BCUT2D eigenvalue weighted by Crippen LogP contribution is 2.31. The Balaban J connectivity index is 1.51. The van der Waals surface area contributed by atoms with Crippen LogP contribution in [0.1, 0.15) is 25.7 Å². The Morgan fingerprint density at radius 2 is 2.19 bits per heavy atom. The lowest BCUT2D eigenvalue weighted by molar-refractivity contribution is -0.121. The molecule has 1 aliphatic heterocycles. The molecule has 31 heavy (non-hydrogen) atoms. The van der Waals surface area contributed by atoms with Crippen LogP contribution in [-0.4, -0.2) is 46.4 Å². The molecule has 0 unspecified atom stereocenters. The Hall–Kier alpha value is -2.43. The van der Waals surface area contributed by atoms with E-state index in [0.717, 1.165) is 41.3 Å². The Morgan fingerprint density at radius 3 is 2.97 bits per heavy atom. The van der Waals surface area contributed by atoms with E-state index in [9.17, 15) is 14.4 Å². The van der Waals surface area contributed by atoms with Crippen molar-refractivity contribution in [3.63, 3.8) is 0 Å². The molecule has 1 aliphatic rings. The van der Waals surface area contributed by atoms with Crippen LogP contribution in [0.25, 0.3) is 20.3 Å². The first-order valence-electron chi connectivity index (χ1n) is 10.2. The van der Waals surface area contributed by atoms with Gasteiger partial charge >= 0.3 is 0 Å². The minimum atomic E-state index is -0.477. The number of rotatable bonds is 9. The summed E-state index contributed by atoms with van der Waals surface area (Å²) in [6.45, 7) is 1.61. The summed E-state index contributed by atoms with van der Waals surface area (Å²) in [6, 6.07) is 7.73. The van der Waals surface area contributed by atoms with Crippen molar-refractivity contribution in [2.75, 3.05) is 18.9 Å². The molecule has 164 valence electrons. The molecule has 3 heterocycles. The highest BCUT2D eigenvalue weighted by Gasteiger charge is 2.18. The highest BCUT2D eigenvalue weighted by molar-refractivity contribution is 7.99. The Morgan fingerprint density at radius 1 is 1.35 bits per heavy atom. The number of amides is 2. The molecule has 2 amide bonds. The average molecular weight is 461 g/mol. The first-order valence-corrected chi connectivity index (χ1v) is 12.0. The van der Waals surface area contributed by atoms with Gasteiger partial charge in [-0.15, -0.1) is 11.3 Å². The topological polar surface area (TPSA) is 116 Å². The maximum absolute atomic E-state index is 13.2. The third kappa shape index (κ3) is 5.08. The number of nitrogens with two attached hydrogens (primary N) is 1. The molecule has 0 aliphatic carbocycles. The Kier molecular flexibility index (Phi) is 6.89. The third-order valence-electron chi connectivity index (χ3n) is 5.13. The standard InChI is InChI=1S/C21H24N4O4S2/c22-16(26)12-30-21-24-18-14-6-1-2-7-15(14)31-19(18)20(28)25(21)9-3-8-17(27)23-11-13-5-4-10-29-13/h1-2,6-7,13H,3-5,8-12H2,(H2,22,26)(H,23,27)/t13-/m0/s1. The molecular weight excluding hydrogens is 436 g/mol. The maximum Gasteiger partial charge on any atom is 0.272 e. The van der Waals surface area contributed by atoms with Crippen LogP contribution in [0, 0.1) is 0 Å². The van der Waals surface area contributed by atoms with Gasteiger partial charge in [-0.3, -0.25) is 19.0 Å². The van der Waals surface area contributed by atoms with E-state index in [0.29, 0.717) is 41.3 Å². The van der Waals surface area contributed by atoms with Gasteiger partial charge < -0.3 is 15.8 Å². The van der Waals surface area contributed by atoms with Gasteiger partial charge in [0, 0.05) is 36.2 Å². The summed E-state index contributed by atoms with van der Waals surface area (Å²) in [7, 11) is 0. The number of benzene rings is 1. The molecule has 8 nitrogen and oxygen atoms in total. The summed E-state index contributed by atoms with van der Waals surface area (Å²) in [5, 5.41) is 4.26. The highest BCUT2D eigenvalue weighted by atomic mass is 32.2. The van der Waals surface area contributed by atoms with Crippen molar-refractivity contribution in [3.8, 4) is 0 Å². The van der Waals surface area contributed by atoms with Crippen LogP contribution in [0.4, 0.5) is 0 Å². The largest absolute Gasteiger partial charge is 0.376 e. The van der Waals surface area contributed by atoms with Gasteiger partial charge in [-0.1, -0.05) is 30.0 Å². The summed E-state index contributed by atoms with van der Waals surface area (Å²) >= 11 is 2.55. The number of fused-ring (bicyclic) bond motifs is 3. The van der Waals surface area contributed by atoms with Gasteiger partial charge in [-0.05, 0) is 25.3 Å². The SMILES string of the molecule is NC(=O)CSc1nc2c(sc3ccccc32)c(=O)n1CCCC(=O)NC[C@@H]1CCCO1. The monoisotopic (exact) mass is 460 g/mol. The van der Waals surface area contributed by atoms with E-state index in [1.165, 1.54) is 11.3 Å². The third-order valence-corrected chi connectivity index (χ3v) is 7.27.